The molecular weight excluding hydrogens is 320 g/mol. The van der Waals surface area contributed by atoms with E-state index in [2.05, 4.69) is 20.8 Å². The summed E-state index contributed by atoms with van der Waals surface area (Å²) in [6.07, 6.45) is 12.9. The van der Waals surface area contributed by atoms with Crippen molar-refractivity contribution in [3.63, 3.8) is 0 Å². The van der Waals surface area contributed by atoms with Gasteiger partial charge in [0.1, 0.15) is 11.5 Å². The first-order chi connectivity index (χ1) is 11.7. The molecule has 0 unspecified atom stereocenters. The topological polar surface area (TPSA) is 44.8 Å². The highest BCUT2D eigenvalue weighted by molar-refractivity contribution is 6.31. The van der Waals surface area contributed by atoms with E-state index in [1.165, 1.54) is 19.3 Å². The van der Waals surface area contributed by atoms with Crippen LogP contribution in [0.1, 0.15) is 24.8 Å². The highest BCUT2D eigenvalue weighted by Crippen LogP contribution is 2.31. The summed E-state index contributed by atoms with van der Waals surface area (Å²) in [5.74, 6) is 3.70. The van der Waals surface area contributed by atoms with Gasteiger partial charge in [-0.1, -0.05) is 17.5 Å². The third-order valence-corrected chi connectivity index (χ3v) is 4.64. The highest BCUT2D eigenvalue weighted by atomic mass is 35.5. The van der Waals surface area contributed by atoms with Crippen LogP contribution in [0.3, 0.4) is 0 Å². The number of piperidine rings is 1. The van der Waals surface area contributed by atoms with Crippen LogP contribution in [0.25, 0.3) is 22.3 Å². The van der Waals surface area contributed by atoms with E-state index in [0.29, 0.717) is 5.02 Å². The van der Waals surface area contributed by atoms with Gasteiger partial charge in [0.25, 0.3) is 0 Å². The number of nitrogens with one attached hydrogen (secondary N) is 1. The van der Waals surface area contributed by atoms with Crippen molar-refractivity contribution >= 4 is 28.5 Å². The molecule has 0 saturated carbocycles. The maximum atomic E-state index is 6.11. The minimum Gasteiger partial charge on any atom is -0.357 e. The number of terminal acetylenes is 1. The summed E-state index contributed by atoms with van der Waals surface area (Å²) in [4.78, 5) is 14.7. The van der Waals surface area contributed by atoms with E-state index >= 15 is 0 Å². The molecule has 0 spiro atoms. The number of anilines is 1. The van der Waals surface area contributed by atoms with Gasteiger partial charge in [0.15, 0.2) is 0 Å². The zero-order valence-electron chi connectivity index (χ0n) is 13.2. The molecule has 0 bridgehead atoms. The standard InChI is InChI=1S/C19H17ClN4/c1-2-13-8-17(23-18(9-13)24-6-4-3-5-7-24)16-12-22-19-15(16)10-14(20)11-21-19/h1,8-12H,3-7H2,(H,21,22). The molecule has 24 heavy (non-hydrogen) atoms. The van der Waals surface area contributed by atoms with E-state index in [9.17, 15) is 0 Å². The van der Waals surface area contributed by atoms with Crippen LogP contribution in [0.5, 0.6) is 0 Å². The van der Waals surface area contributed by atoms with Crippen molar-refractivity contribution in [3.8, 4) is 23.6 Å². The van der Waals surface area contributed by atoms with Gasteiger partial charge in [-0.05, 0) is 37.5 Å². The number of rotatable bonds is 2. The molecule has 1 aliphatic heterocycles. The van der Waals surface area contributed by atoms with Crippen LogP contribution in [0.2, 0.25) is 5.02 Å². The normalized spacial score (nSPS) is 14.8. The van der Waals surface area contributed by atoms with Gasteiger partial charge in [-0.2, -0.15) is 0 Å². The van der Waals surface area contributed by atoms with E-state index in [1.54, 1.807) is 6.20 Å². The fourth-order valence-corrected chi connectivity index (χ4v) is 3.37. The van der Waals surface area contributed by atoms with Crippen molar-refractivity contribution in [2.45, 2.75) is 19.3 Å². The Morgan fingerprint density at radius 3 is 2.79 bits per heavy atom. The van der Waals surface area contributed by atoms with Crippen molar-refractivity contribution < 1.29 is 0 Å². The molecule has 0 aliphatic carbocycles. The van der Waals surface area contributed by atoms with Gasteiger partial charge in [0.2, 0.25) is 0 Å². The van der Waals surface area contributed by atoms with Crippen LogP contribution in [0, 0.1) is 12.3 Å². The van der Waals surface area contributed by atoms with Gasteiger partial charge in [-0.3, -0.25) is 0 Å². The summed E-state index contributed by atoms with van der Waals surface area (Å²) in [5, 5.41) is 1.56. The lowest BCUT2D eigenvalue weighted by atomic mass is 10.1. The second-order valence-electron chi connectivity index (χ2n) is 6.04. The molecule has 4 rings (SSSR count). The maximum Gasteiger partial charge on any atom is 0.138 e. The number of hydrogen-bond donors (Lipinski definition) is 1. The van der Waals surface area contributed by atoms with Crippen molar-refractivity contribution in [2.24, 2.45) is 0 Å². The number of aromatic amines is 1. The van der Waals surface area contributed by atoms with Crippen LogP contribution in [-0.4, -0.2) is 28.0 Å². The van der Waals surface area contributed by atoms with E-state index in [4.69, 9.17) is 23.0 Å². The summed E-state index contributed by atoms with van der Waals surface area (Å²) < 4.78 is 0. The average Bonchev–Trinajstić information content (AvgIpc) is 3.05. The van der Waals surface area contributed by atoms with E-state index in [1.807, 2.05) is 24.4 Å². The third kappa shape index (κ3) is 2.72. The Kier molecular flexibility index (Phi) is 3.87. The van der Waals surface area contributed by atoms with E-state index < -0.39 is 0 Å². The van der Waals surface area contributed by atoms with E-state index in [-0.39, 0.29) is 0 Å². The van der Waals surface area contributed by atoms with Crippen molar-refractivity contribution in [1.29, 1.82) is 0 Å². The second kappa shape index (κ2) is 6.18. The van der Waals surface area contributed by atoms with Crippen LogP contribution in [0.4, 0.5) is 5.82 Å². The number of H-pyrrole nitrogens is 1. The number of aromatic nitrogens is 3. The molecule has 3 aromatic rings. The molecule has 3 aromatic heterocycles. The highest BCUT2D eigenvalue weighted by Gasteiger charge is 2.16. The first-order valence-corrected chi connectivity index (χ1v) is 8.49. The minimum absolute atomic E-state index is 0.604. The lowest BCUT2D eigenvalue weighted by molar-refractivity contribution is 0.573. The number of pyridine rings is 2. The monoisotopic (exact) mass is 336 g/mol. The van der Waals surface area contributed by atoms with Gasteiger partial charge in [0, 0.05) is 42.0 Å². The van der Waals surface area contributed by atoms with Gasteiger partial charge in [-0.25, -0.2) is 9.97 Å². The zero-order chi connectivity index (χ0) is 16.5. The van der Waals surface area contributed by atoms with Gasteiger partial charge >= 0.3 is 0 Å². The lowest BCUT2D eigenvalue weighted by Crippen LogP contribution is -2.30. The molecule has 0 amide bonds. The van der Waals surface area contributed by atoms with Crippen LogP contribution in [-0.2, 0) is 0 Å². The molecule has 0 atom stereocenters. The molecule has 1 aliphatic rings. The zero-order valence-corrected chi connectivity index (χ0v) is 14.0. The Balaban J connectivity index is 1.84. The summed E-state index contributed by atoms with van der Waals surface area (Å²) in [6.45, 7) is 2.06. The van der Waals surface area contributed by atoms with Crippen LogP contribution < -0.4 is 4.90 Å². The number of hydrogen-bond acceptors (Lipinski definition) is 3. The average molecular weight is 337 g/mol. The molecule has 4 nitrogen and oxygen atoms in total. The molecule has 1 saturated heterocycles. The first-order valence-electron chi connectivity index (χ1n) is 8.11. The van der Waals surface area contributed by atoms with Crippen molar-refractivity contribution in [1.82, 2.24) is 15.0 Å². The fraction of sp³-hybridized carbons (Fsp3) is 0.263. The Labute approximate surface area is 145 Å². The molecule has 4 heterocycles. The van der Waals surface area contributed by atoms with E-state index in [0.717, 1.165) is 46.8 Å². The smallest absolute Gasteiger partial charge is 0.138 e. The Morgan fingerprint density at radius 2 is 2.00 bits per heavy atom. The predicted octanol–water partition coefficient (Wildman–Crippen LogP) is 4.25. The molecular formula is C19H17ClN4. The fourth-order valence-electron chi connectivity index (χ4n) is 3.21. The molecule has 120 valence electrons. The maximum absolute atomic E-state index is 6.11. The van der Waals surface area contributed by atoms with Gasteiger partial charge in [0.05, 0.1) is 10.7 Å². The number of halogens is 1. The summed E-state index contributed by atoms with van der Waals surface area (Å²) in [6, 6.07) is 5.84. The molecule has 0 aromatic carbocycles. The first kappa shape index (κ1) is 15.0. The lowest BCUT2D eigenvalue weighted by Gasteiger charge is -2.28. The Bertz CT molecular complexity index is 932. The summed E-state index contributed by atoms with van der Waals surface area (Å²) in [5.41, 5.74) is 3.45. The SMILES string of the molecule is C#Cc1cc(-c2c[nH]c3ncc(Cl)cc23)nc(N2CCCCC2)c1. The minimum atomic E-state index is 0.604. The second-order valence-corrected chi connectivity index (χ2v) is 6.48. The molecule has 5 heteroatoms. The molecule has 1 fully saturated rings. The number of fused-ring (bicyclic) bond motifs is 1. The van der Waals surface area contributed by atoms with Gasteiger partial charge < -0.3 is 9.88 Å². The van der Waals surface area contributed by atoms with Crippen molar-refractivity contribution in [3.05, 3.63) is 41.2 Å². The summed E-state index contributed by atoms with van der Waals surface area (Å²) in [7, 11) is 0. The van der Waals surface area contributed by atoms with Crippen LogP contribution >= 0.6 is 11.6 Å². The third-order valence-electron chi connectivity index (χ3n) is 4.43. The predicted molar refractivity (Wildman–Crippen MR) is 98.3 cm³/mol. The quantitative estimate of drug-likeness (QED) is 0.711. The summed E-state index contributed by atoms with van der Waals surface area (Å²) >= 11 is 6.11. The Hall–Kier alpha value is -2.51. The number of nitrogens with zero attached hydrogens (tertiary/aromatic N) is 3. The van der Waals surface area contributed by atoms with Crippen LogP contribution in [0.15, 0.2) is 30.6 Å². The molecule has 1 N–H and O–H groups in total. The Morgan fingerprint density at radius 1 is 1.17 bits per heavy atom. The largest absolute Gasteiger partial charge is 0.357 e. The van der Waals surface area contributed by atoms with Gasteiger partial charge in [-0.15, -0.1) is 6.42 Å². The molecule has 0 radical (unpaired) electrons. The van der Waals surface area contributed by atoms with Crippen molar-refractivity contribution in [2.75, 3.05) is 18.0 Å².